The van der Waals surface area contributed by atoms with Gasteiger partial charge >= 0.3 is 5.97 Å². The molecule has 1 amide bonds. The summed E-state index contributed by atoms with van der Waals surface area (Å²) in [5.41, 5.74) is 4.39. The number of hydrogen-bond acceptors (Lipinski definition) is 5. The number of carbonyl (C=O) groups is 2. The van der Waals surface area contributed by atoms with Gasteiger partial charge in [-0.3, -0.25) is 14.6 Å². The van der Waals surface area contributed by atoms with Crippen molar-refractivity contribution in [3.63, 3.8) is 0 Å². The normalized spacial score (nSPS) is 10.8. The Morgan fingerprint density at radius 2 is 1.57 bits per heavy atom. The van der Waals surface area contributed by atoms with Gasteiger partial charge in [-0.1, -0.05) is 72.8 Å². The van der Waals surface area contributed by atoms with Crippen LogP contribution in [-0.4, -0.2) is 18.4 Å². The zero-order valence-electron chi connectivity index (χ0n) is 20.9. The SMILES string of the molecule is CC(=O)OOc1cccc(CCCNC(=O)c2ccsc2CCC(c2ccccc2)c2ccccc2)c1. The van der Waals surface area contributed by atoms with Gasteiger partial charge in [0.05, 0.1) is 5.56 Å². The first kappa shape index (κ1) is 26.2. The van der Waals surface area contributed by atoms with E-state index in [1.807, 2.05) is 41.8 Å². The summed E-state index contributed by atoms with van der Waals surface area (Å²) in [6, 6.07) is 30.4. The van der Waals surface area contributed by atoms with Crippen LogP contribution in [0.25, 0.3) is 0 Å². The predicted molar refractivity (Wildman–Crippen MR) is 147 cm³/mol. The second-order valence-electron chi connectivity index (χ2n) is 8.84. The first-order valence-electron chi connectivity index (χ1n) is 12.5. The number of carbonyl (C=O) groups excluding carboxylic acids is 2. The number of hydrogen-bond donors (Lipinski definition) is 1. The Bertz CT molecular complexity index is 1250. The molecule has 4 rings (SSSR count). The van der Waals surface area contributed by atoms with Crippen molar-refractivity contribution in [2.24, 2.45) is 0 Å². The minimum absolute atomic E-state index is 0.0286. The minimum atomic E-state index is -0.503. The van der Waals surface area contributed by atoms with Crippen molar-refractivity contribution in [2.75, 3.05) is 6.54 Å². The third-order valence-corrected chi connectivity index (χ3v) is 7.12. The van der Waals surface area contributed by atoms with Gasteiger partial charge in [-0.2, -0.15) is 0 Å². The highest BCUT2D eigenvalue weighted by atomic mass is 32.1. The second-order valence-corrected chi connectivity index (χ2v) is 9.84. The van der Waals surface area contributed by atoms with E-state index in [0.717, 1.165) is 41.7 Å². The second kappa shape index (κ2) is 13.4. The largest absolute Gasteiger partial charge is 0.352 e. The molecule has 37 heavy (non-hydrogen) atoms. The van der Waals surface area contributed by atoms with Gasteiger partial charge in [0.1, 0.15) is 0 Å². The highest BCUT2D eigenvalue weighted by Gasteiger charge is 2.18. The van der Waals surface area contributed by atoms with E-state index in [1.165, 1.54) is 18.1 Å². The average molecular weight is 514 g/mol. The Kier molecular flexibility index (Phi) is 9.49. The van der Waals surface area contributed by atoms with Gasteiger partial charge in [-0.15, -0.1) is 11.3 Å². The molecule has 0 radical (unpaired) electrons. The molecule has 6 heteroatoms. The lowest BCUT2D eigenvalue weighted by atomic mass is 9.87. The Balaban J connectivity index is 1.30. The minimum Gasteiger partial charge on any atom is -0.352 e. The van der Waals surface area contributed by atoms with Gasteiger partial charge in [0.25, 0.3) is 5.91 Å². The van der Waals surface area contributed by atoms with Crippen molar-refractivity contribution < 1.29 is 19.4 Å². The molecule has 1 aromatic heterocycles. The van der Waals surface area contributed by atoms with E-state index in [9.17, 15) is 9.59 Å². The maximum atomic E-state index is 13.0. The molecule has 0 saturated carbocycles. The quantitative estimate of drug-likeness (QED) is 0.130. The number of thiophene rings is 1. The first-order valence-corrected chi connectivity index (χ1v) is 13.4. The maximum absolute atomic E-state index is 13.0. The fourth-order valence-corrected chi connectivity index (χ4v) is 5.25. The molecular weight excluding hydrogens is 482 g/mol. The summed E-state index contributed by atoms with van der Waals surface area (Å²) in [4.78, 5) is 34.6. The molecule has 0 spiro atoms. The molecule has 4 aromatic rings. The molecule has 0 saturated heterocycles. The fraction of sp³-hybridized carbons (Fsp3) is 0.226. The van der Waals surface area contributed by atoms with Crippen molar-refractivity contribution in [3.05, 3.63) is 124 Å². The highest BCUT2D eigenvalue weighted by Crippen LogP contribution is 2.31. The van der Waals surface area contributed by atoms with E-state index < -0.39 is 5.97 Å². The molecular formula is C31H31NO4S. The van der Waals surface area contributed by atoms with Crippen LogP contribution in [0.1, 0.15) is 57.6 Å². The van der Waals surface area contributed by atoms with Crippen LogP contribution >= 0.6 is 11.3 Å². The number of rotatable bonds is 12. The summed E-state index contributed by atoms with van der Waals surface area (Å²) in [5, 5.41) is 5.07. The molecule has 0 unspecified atom stereocenters. The molecule has 0 atom stereocenters. The van der Waals surface area contributed by atoms with Gasteiger partial charge in [-0.05, 0) is 66.0 Å². The summed E-state index contributed by atoms with van der Waals surface area (Å²) in [6.45, 7) is 1.86. The zero-order chi connectivity index (χ0) is 25.9. The maximum Gasteiger partial charge on any atom is 0.352 e. The molecule has 0 aliphatic rings. The van der Waals surface area contributed by atoms with Gasteiger partial charge in [0, 0.05) is 24.3 Å². The van der Waals surface area contributed by atoms with Crippen LogP contribution in [-0.2, 0) is 22.5 Å². The summed E-state index contributed by atoms with van der Waals surface area (Å²) in [7, 11) is 0. The Morgan fingerprint density at radius 3 is 2.24 bits per heavy atom. The van der Waals surface area contributed by atoms with E-state index in [2.05, 4.69) is 58.7 Å². The topological polar surface area (TPSA) is 64.6 Å². The molecule has 0 aliphatic heterocycles. The number of amides is 1. The highest BCUT2D eigenvalue weighted by molar-refractivity contribution is 7.10. The fourth-order valence-electron chi connectivity index (χ4n) is 4.36. The van der Waals surface area contributed by atoms with Crippen LogP contribution in [0, 0.1) is 0 Å². The number of nitrogens with one attached hydrogen (secondary N) is 1. The predicted octanol–water partition coefficient (Wildman–Crippen LogP) is 6.73. The van der Waals surface area contributed by atoms with Gasteiger partial charge < -0.3 is 5.32 Å². The van der Waals surface area contributed by atoms with Crippen molar-refractivity contribution in [2.45, 2.75) is 38.5 Å². The molecule has 3 aromatic carbocycles. The molecule has 1 N–H and O–H groups in total. The lowest BCUT2D eigenvalue weighted by molar-refractivity contribution is -0.210. The third-order valence-electron chi connectivity index (χ3n) is 6.14. The average Bonchev–Trinajstić information content (AvgIpc) is 3.40. The smallest absolute Gasteiger partial charge is 0.352 e. The summed E-state index contributed by atoms with van der Waals surface area (Å²) >= 11 is 1.64. The van der Waals surface area contributed by atoms with Crippen molar-refractivity contribution in [1.82, 2.24) is 5.32 Å². The van der Waals surface area contributed by atoms with Crippen LogP contribution in [0.2, 0.25) is 0 Å². The summed E-state index contributed by atoms with van der Waals surface area (Å²) in [6.07, 6.45) is 3.32. The standard InChI is InChI=1S/C31H31NO4S/c1-23(33)35-36-27-16-8-10-24(22-27)11-9-20-32-31(34)29-19-21-37-30(29)18-17-28(25-12-4-2-5-13-25)26-14-6-3-7-15-26/h2-8,10,12-16,19,21-22,28H,9,11,17-18,20H2,1H3,(H,32,34). The van der Waals surface area contributed by atoms with Crippen LogP contribution in [0.15, 0.2) is 96.4 Å². The van der Waals surface area contributed by atoms with E-state index in [1.54, 1.807) is 17.4 Å². The molecule has 5 nitrogen and oxygen atoms in total. The summed E-state index contributed by atoms with van der Waals surface area (Å²) in [5.74, 6) is 0.223. The monoisotopic (exact) mass is 513 g/mol. The van der Waals surface area contributed by atoms with E-state index in [4.69, 9.17) is 4.89 Å². The van der Waals surface area contributed by atoms with Crippen LogP contribution in [0.4, 0.5) is 0 Å². The van der Waals surface area contributed by atoms with Crippen molar-refractivity contribution in [1.29, 1.82) is 0 Å². The number of benzene rings is 3. The molecule has 190 valence electrons. The molecule has 0 aliphatic carbocycles. The van der Waals surface area contributed by atoms with Crippen LogP contribution < -0.4 is 10.2 Å². The first-order chi connectivity index (χ1) is 18.1. The van der Waals surface area contributed by atoms with Crippen LogP contribution in [0.5, 0.6) is 5.75 Å². The zero-order valence-corrected chi connectivity index (χ0v) is 21.7. The van der Waals surface area contributed by atoms with Gasteiger partial charge in [0.2, 0.25) is 0 Å². The molecule has 0 fully saturated rings. The molecule has 1 heterocycles. The van der Waals surface area contributed by atoms with Gasteiger partial charge in [-0.25, -0.2) is 4.79 Å². The third kappa shape index (κ3) is 7.79. The Hall–Kier alpha value is -3.90. The lowest BCUT2D eigenvalue weighted by Crippen LogP contribution is -2.25. The van der Waals surface area contributed by atoms with Crippen molar-refractivity contribution in [3.8, 4) is 5.75 Å². The van der Waals surface area contributed by atoms with E-state index >= 15 is 0 Å². The van der Waals surface area contributed by atoms with E-state index in [-0.39, 0.29) is 11.8 Å². The van der Waals surface area contributed by atoms with E-state index in [0.29, 0.717) is 12.3 Å². The number of aryl methyl sites for hydroxylation is 2. The Morgan fingerprint density at radius 1 is 0.865 bits per heavy atom. The van der Waals surface area contributed by atoms with Gasteiger partial charge in [0.15, 0.2) is 5.75 Å². The van der Waals surface area contributed by atoms with Crippen molar-refractivity contribution >= 4 is 23.2 Å². The van der Waals surface area contributed by atoms with Crippen LogP contribution in [0.3, 0.4) is 0 Å². The Labute approximate surface area is 222 Å². The summed E-state index contributed by atoms with van der Waals surface area (Å²) < 4.78 is 0. The lowest BCUT2D eigenvalue weighted by Gasteiger charge is -2.18. The molecule has 0 bridgehead atoms.